The summed E-state index contributed by atoms with van der Waals surface area (Å²) in [6.45, 7) is 7.27. The van der Waals surface area contributed by atoms with Crippen LogP contribution in [0.25, 0.3) is 0 Å². The molecule has 0 saturated carbocycles. The Bertz CT molecular complexity index is 488. The molecule has 3 N–H and O–H groups in total. The molecule has 3 amide bonds. The first-order chi connectivity index (χ1) is 11.0. The van der Waals surface area contributed by atoms with E-state index in [0.29, 0.717) is 18.4 Å². The number of methoxy groups -OCH3 is 1. The van der Waals surface area contributed by atoms with E-state index < -0.39 is 11.9 Å². The van der Waals surface area contributed by atoms with E-state index in [0.717, 1.165) is 26.2 Å². The minimum absolute atomic E-state index is 0.211. The Morgan fingerprint density at radius 1 is 1.43 bits per heavy atom. The van der Waals surface area contributed by atoms with E-state index in [2.05, 4.69) is 27.4 Å². The molecule has 2 atom stereocenters. The highest BCUT2D eigenvalue weighted by atomic mass is 16.5. The number of rotatable bonds is 6. The number of carbonyl (C=O) groups excluding carboxylic acids is 3. The van der Waals surface area contributed by atoms with Gasteiger partial charge in [0.1, 0.15) is 12.3 Å². The van der Waals surface area contributed by atoms with Crippen LogP contribution in [0.1, 0.15) is 19.3 Å². The van der Waals surface area contributed by atoms with Gasteiger partial charge in [0.2, 0.25) is 17.7 Å². The number of nitrogens with zero attached hydrogens (tertiary/aromatic N) is 1. The van der Waals surface area contributed by atoms with Gasteiger partial charge in [-0.3, -0.25) is 24.6 Å². The number of piperidine rings is 1. The van der Waals surface area contributed by atoms with Crippen LogP contribution in [0.2, 0.25) is 0 Å². The maximum Gasteiger partial charge on any atom is 0.249 e. The maximum absolute atomic E-state index is 12.2. The number of hydrogen-bond acceptors (Lipinski definition) is 6. The third-order valence-corrected chi connectivity index (χ3v) is 4.12. The summed E-state index contributed by atoms with van der Waals surface area (Å²) >= 11 is 0. The molecule has 2 saturated heterocycles. The lowest BCUT2D eigenvalue weighted by Crippen LogP contribution is -2.53. The van der Waals surface area contributed by atoms with Crippen molar-refractivity contribution < 1.29 is 19.1 Å². The lowest BCUT2D eigenvalue weighted by Gasteiger charge is -2.34. The van der Waals surface area contributed by atoms with Crippen molar-refractivity contribution in [3.05, 3.63) is 12.2 Å². The van der Waals surface area contributed by atoms with Gasteiger partial charge >= 0.3 is 0 Å². The van der Waals surface area contributed by atoms with Crippen LogP contribution in [0.15, 0.2) is 12.2 Å². The van der Waals surface area contributed by atoms with Crippen molar-refractivity contribution in [2.45, 2.75) is 31.5 Å². The largest absolute Gasteiger partial charge is 0.366 e. The molecule has 0 aromatic rings. The summed E-state index contributed by atoms with van der Waals surface area (Å²) in [5, 5.41) is 8.11. The summed E-state index contributed by atoms with van der Waals surface area (Å²) in [5.74, 6) is -1.15. The third-order valence-electron chi connectivity index (χ3n) is 4.12. The van der Waals surface area contributed by atoms with Crippen LogP contribution < -0.4 is 16.0 Å². The predicted molar refractivity (Wildman–Crippen MR) is 83.3 cm³/mol. The van der Waals surface area contributed by atoms with Crippen LogP contribution in [0.4, 0.5) is 0 Å². The van der Waals surface area contributed by atoms with Crippen molar-refractivity contribution in [3.63, 3.8) is 0 Å². The van der Waals surface area contributed by atoms with E-state index in [-0.39, 0.29) is 24.5 Å². The molecule has 2 unspecified atom stereocenters. The summed E-state index contributed by atoms with van der Waals surface area (Å²) in [4.78, 5) is 37.1. The zero-order chi connectivity index (χ0) is 16.8. The minimum atomic E-state index is -0.683. The number of amides is 3. The molecular weight excluding hydrogens is 300 g/mol. The van der Waals surface area contributed by atoms with Gasteiger partial charge in [0.25, 0.3) is 0 Å². The lowest BCUT2D eigenvalue weighted by molar-refractivity contribution is -0.136. The molecule has 23 heavy (non-hydrogen) atoms. The zero-order valence-corrected chi connectivity index (χ0v) is 13.4. The Morgan fingerprint density at radius 3 is 2.74 bits per heavy atom. The minimum Gasteiger partial charge on any atom is -0.366 e. The molecule has 128 valence electrons. The van der Waals surface area contributed by atoms with Crippen LogP contribution in [-0.2, 0) is 19.1 Å². The second-order valence-electron chi connectivity index (χ2n) is 5.76. The first-order valence-electron chi connectivity index (χ1n) is 7.81. The number of imide groups is 1. The van der Waals surface area contributed by atoms with E-state index >= 15 is 0 Å². The Balaban J connectivity index is 1.84. The molecule has 0 aliphatic carbocycles. The van der Waals surface area contributed by atoms with Gasteiger partial charge < -0.3 is 15.4 Å². The summed E-state index contributed by atoms with van der Waals surface area (Å²) in [5.41, 5.74) is 0.361. The topological polar surface area (TPSA) is 99.8 Å². The SMILES string of the molecule is C=C(CC(OC)N1CCNCC1)C(=O)NC1CCC(=O)NC1=O. The van der Waals surface area contributed by atoms with Crippen LogP contribution in [0.5, 0.6) is 0 Å². The maximum atomic E-state index is 12.2. The van der Waals surface area contributed by atoms with Gasteiger partial charge in [-0.15, -0.1) is 0 Å². The van der Waals surface area contributed by atoms with Gasteiger partial charge in [-0.25, -0.2) is 0 Å². The first-order valence-corrected chi connectivity index (χ1v) is 7.81. The van der Waals surface area contributed by atoms with Crippen LogP contribution in [0.3, 0.4) is 0 Å². The third kappa shape index (κ3) is 4.85. The first kappa shape index (κ1) is 17.6. The van der Waals surface area contributed by atoms with Crippen LogP contribution >= 0.6 is 0 Å². The molecule has 0 radical (unpaired) electrons. The average Bonchev–Trinajstić information content (AvgIpc) is 2.55. The number of nitrogens with one attached hydrogen (secondary N) is 3. The molecule has 2 rings (SSSR count). The van der Waals surface area contributed by atoms with Gasteiger partial charge in [-0.1, -0.05) is 6.58 Å². The molecule has 2 aliphatic heterocycles. The van der Waals surface area contributed by atoms with E-state index in [1.165, 1.54) is 0 Å². The smallest absolute Gasteiger partial charge is 0.249 e. The Kier molecular flexibility index (Phi) is 6.26. The average molecular weight is 324 g/mol. The summed E-state index contributed by atoms with van der Waals surface area (Å²) < 4.78 is 5.47. The van der Waals surface area contributed by atoms with Crippen LogP contribution in [-0.4, -0.2) is 68.2 Å². The van der Waals surface area contributed by atoms with Gasteiger partial charge in [0, 0.05) is 51.7 Å². The van der Waals surface area contributed by atoms with Crippen molar-refractivity contribution in [2.24, 2.45) is 0 Å². The van der Waals surface area contributed by atoms with Gasteiger partial charge in [-0.05, 0) is 6.42 Å². The fourth-order valence-corrected chi connectivity index (χ4v) is 2.73. The monoisotopic (exact) mass is 324 g/mol. The molecule has 2 heterocycles. The Hall–Kier alpha value is -1.77. The molecule has 0 aromatic heterocycles. The second kappa shape index (κ2) is 8.19. The van der Waals surface area contributed by atoms with Crippen LogP contribution in [0, 0.1) is 0 Å². The Labute approximate surface area is 135 Å². The molecule has 8 nitrogen and oxygen atoms in total. The molecule has 0 aromatic carbocycles. The zero-order valence-electron chi connectivity index (χ0n) is 13.4. The molecule has 0 spiro atoms. The highest BCUT2D eigenvalue weighted by molar-refractivity contribution is 6.03. The summed E-state index contributed by atoms with van der Waals surface area (Å²) in [6, 6.07) is -0.683. The van der Waals surface area contributed by atoms with Gasteiger partial charge in [0.05, 0.1) is 0 Å². The van der Waals surface area contributed by atoms with Crippen molar-refractivity contribution in [1.29, 1.82) is 0 Å². The molecular formula is C15H24N4O4. The highest BCUT2D eigenvalue weighted by Gasteiger charge is 2.29. The van der Waals surface area contributed by atoms with Crippen molar-refractivity contribution >= 4 is 17.7 Å². The highest BCUT2D eigenvalue weighted by Crippen LogP contribution is 2.13. The fraction of sp³-hybridized carbons (Fsp3) is 0.667. The fourth-order valence-electron chi connectivity index (χ4n) is 2.73. The van der Waals surface area contributed by atoms with E-state index in [1.807, 2.05) is 0 Å². The van der Waals surface area contributed by atoms with Gasteiger partial charge in [0.15, 0.2) is 0 Å². The van der Waals surface area contributed by atoms with Crippen molar-refractivity contribution in [1.82, 2.24) is 20.9 Å². The van der Waals surface area contributed by atoms with E-state index in [1.54, 1.807) is 7.11 Å². The molecule has 8 heteroatoms. The number of ether oxygens (including phenoxy) is 1. The predicted octanol–water partition coefficient (Wildman–Crippen LogP) is -1.27. The number of carbonyl (C=O) groups is 3. The standard InChI is InChI=1S/C15H24N4O4/c1-10(9-13(23-2)19-7-5-16-6-8-19)14(21)17-11-3-4-12(20)18-15(11)22/h11,13,16H,1,3-9H2,2H3,(H,17,21)(H,18,20,22). The van der Waals surface area contributed by atoms with E-state index in [9.17, 15) is 14.4 Å². The van der Waals surface area contributed by atoms with E-state index in [4.69, 9.17) is 4.74 Å². The molecule has 2 fully saturated rings. The quantitative estimate of drug-likeness (QED) is 0.416. The lowest BCUT2D eigenvalue weighted by atomic mass is 10.0. The summed E-state index contributed by atoms with van der Waals surface area (Å²) in [7, 11) is 1.61. The number of piperazine rings is 1. The molecule has 0 bridgehead atoms. The summed E-state index contributed by atoms with van der Waals surface area (Å²) in [6.07, 6.45) is 0.701. The van der Waals surface area contributed by atoms with Gasteiger partial charge in [-0.2, -0.15) is 0 Å². The molecule has 2 aliphatic rings. The second-order valence-corrected chi connectivity index (χ2v) is 5.76. The normalized spacial score (nSPS) is 24.0. The number of hydrogen-bond donors (Lipinski definition) is 3. The van der Waals surface area contributed by atoms with Crippen molar-refractivity contribution in [2.75, 3.05) is 33.3 Å². The Morgan fingerprint density at radius 2 is 2.13 bits per heavy atom. The van der Waals surface area contributed by atoms with Crippen molar-refractivity contribution in [3.8, 4) is 0 Å².